The Morgan fingerprint density at radius 1 is 1.27 bits per heavy atom. The molecule has 4 rings (SSSR count). The second kappa shape index (κ2) is 6.47. The average molecular weight is 351 g/mol. The lowest BCUT2D eigenvalue weighted by atomic mass is 10.1. The van der Waals surface area contributed by atoms with Gasteiger partial charge in [0.05, 0.1) is 17.9 Å². The number of anilines is 1. The number of amides is 2. The van der Waals surface area contributed by atoms with Crippen molar-refractivity contribution in [3.8, 4) is 0 Å². The number of hydrogen-bond acceptors (Lipinski definition) is 4. The fourth-order valence-electron chi connectivity index (χ4n) is 3.06. The lowest BCUT2D eigenvalue weighted by Gasteiger charge is -2.22. The van der Waals surface area contributed by atoms with Crippen LogP contribution in [-0.2, 0) is 4.79 Å². The van der Waals surface area contributed by atoms with Gasteiger partial charge in [-0.2, -0.15) is 5.10 Å². The van der Waals surface area contributed by atoms with Gasteiger partial charge in [-0.1, -0.05) is 18.2 Å². The van der Waals surface area contributed by atoms with E-state index in [9.17, 15) is 14.4 Å². The molecule has 0 saturated carbocycles. The summed E-state index contributed by atoms with van der Waals surface area (Å²) in [5.74, 6) is -0.453. The van der Waals surface area contributed by atoms with Crippen LogP contribution in [0, 0.1) is 0 Å². The van der Waals surface area contributed by atoms with Crippen molar-refractivity contribution < 1.29 is 9.59 Å². The van der Waals surface area contributed by atoms with Crippen LogP contribution in [0.3, 0.4) is 0 Å². The van der Waals surface area contributed by atoms with Gasteiger partial charge in [0, 0.05) is 24.7 Å². The zero-order valence-corrected chi connectivity index (χ0v) is 13.9. The van der Waals surface area contributed by atoms with Crippen molar-refractivity contribution in [1.82, 2.24) is 20.1 Å². The van der Waals surface area contributed by atoms with Gasteiger partial charge in [0.25, 0.3) is 11.5 Å². The molecule has 1 saturated heterocycles. The fraction of sp³-hybridized carbons (Fsp3) is 0.222. The fourth-order valence-corrected chi connectivity index (χ4v) is 3.06. The standard InChI is InChI=1S/C18H17N5O3/c24-16-6-5-13(9-19-16)23-10-12(8-20-23)21-17(25)14-7-11-3-1-2-4-15(11)22-18(14)26/h1-4,7-8,10,13H,5-6,9H2,(H,19,24)(H,21,25)(H,22,26). The van der Waals surface area contributed by atoms with Crippen molar-refractivity contribution in [2.24, 2.45) is 0 Å². The van der Waals surface area contributed by atoms with Gasteiger partial charge >= 0.3 is 0 Å². The zero-order chi connectivity index (χ0) is 18.1. The van der Waals surface area contributed by atoms with E-state index in [1.165, 1.54) is 6.20 Å². The number of nitrogens with zero attached hydrogens (tertiary/aromatic N) is 2. The summed E-state index contributed by atoms with van der Waals surface area (Å²) in [6, 6.07) is 8.91. The zero-order valence-electron chi connectivity index (χ0n) is 13.9. The summed E-state index contributed by atoms with van der Waals surface area (Å²) in [7, 11) is 0. The van der Waals surface area contributed by atoms with Crippen molar-refractivity contribution in [1.29, 1.82) is 0 Å². The number of piperidine rings is 1. The van der Waals surface area contributed by atoms with E-state index in [2.05, 4.69) is 20.7 Å². The molecule has 8 heteroatoms. The summed E-state index contributed by atoms with van der Waals surface area (Å²) < 4.78 is 1.72. The van der Waals surface area contributed by atoms with Gasteiger partial charge in [0.2, 0.25) is 5.91 Å². The Morgan fingerprint density at radius 2 is 2.12 bits per heavy atom. The van der Waals surface area contributed by atoms with Crippen LogP contribution in [0.2, 0.25) is 0 Å². The van der Waals surface area contributed by atoms with Gasteiger partial charge in [-0.15, -0.1) is 0 Å². The van der Waals surface area contributed by atoms with Crippen LogP contribution in [0.15, 0.2) is 47.5 Å². The molecule has 1 fully saturated rings. The topological polar surface area (TPSA) is 109 Å². The normalized spacial score (nSPS) is 17.1. The predicted molar refractivity (Wildman–Crippen MR) is 96.0 cm³/mol. The van der Waals surface area contributed by atoms with Gasteiger partial charge in [0.1, 0.15) is 5.56 Å². The molecule has 26 heavy (non-hydrogen) atoms. The number of benzene rings is 1. The second-order valence-corrected chi connectivity index (χ2v) is 6.26. The molecular formula is C18H17N5O3. The van der Waals surface area contributed by atoms with E-state index in [1.807, 2.05) is 18.2 Å². The van der Waals surface area contributed by atoms with E-state index in [4.69, 9.17) is 0 Å². The van der Waals surface area contributed by atoms with Crippen LogP contribution < -0.4 is 16.2 Å². The highest BCUT2D eigenvalue weighted by Crippen LogP contribution is 2.19. The largest absolute Gasteiger partial charge is 0.354 e. The van der Waals surface area contributed by atoms with Gasteiger partial charge in [-0.25, -0.2) is 0 Å². The number of hydrogen-bond donors (Lipinski definition) is 3. The number of aromatic nitrogens is 3. The summed E-state index contributed by atoms with van der Waals surface area (Å²) in [4.78, 5) is 38.6. The highest BCUT2D eigenvalue weighted by atomic mass is 16.2. The molecule has 1 atom stereocenters. The molecule has 0 aliphatic carbocycles. The maximum Gasteiger partial charge on any atom is 0.261 e. The molecule has 2 amide bonds. The minimum absolute atomic E-state index is 0.0393. The quantitative estimate of drug-likeness (QED) is 0.663. The molecule has 0 bridgehead atoms. The number of nitrogens with one attached hydrogen (secondary N) is 3. The lowest BCUT2D eigenvalue weighted by molar-refractivity contribution is -0.122. The summed E-state index contributed by atoms with van der Waals surface area (Å²) in [6.07, 6.45) is 4.39. The van der Waals surface area contributed by atoms with Crippen molar-refractivity contribution >= 4 is 28.4 Å². The number of fused-ring (bicyclic) bond motifs is 1. The molecule has 1 aliphatic rings. The van der Waals surface area contributed by atoms with Crippen molar-refractivity contribution in [3.05, 3.63) is 58.6 Å². The Hall–Kier alpha value is -3.42. The number of aromatic amines is 1. The van der Waals surface area contributed by atoms with Crippen LogP contribution >= 0.6 is 0 Å². The number of rotatable bonds is 3. The molecule has 3 aromatic rings. The molecule has 0 spiro atoms. The Labute approximate surface area is 148 Å². The summed E-state index contributed by atoms with van der Waals surface area (Å²) in [5, 5.41) is 10.5. The minimum Gasteiger partial charge on any atom is -0.354 e. The molecule has 2 aromatic heterocycles. The molecule has 1 unspecified atom stereocenters. The molecule has 132 valence electrons. The van der Waals surface area contributed by atoms with Gasteiger partial charge in [-0.3, -0.25) is 19.1 Å². The summed E-state index contributed by atoms with van der Waals surface area (Å²) in [6.45, 7) is 0.512. The molecule has 0 radical (unpaired) electrons. The molecule has 3 heterocycles. The first-order valence-corrected chi connectivity index (χ1v) is 8.34. The van der Waals surface area contributed by atoms with Gasteiger partial charge in [-0.05, 0) is 23.9 Å². The number of H-pyrrole nitrogens is 1. The van der Waals surface area contributed by atoms with Gasteiger partial charge in [0.15, 0.2) is 0 Å². The van der Waals surface area contributed by atoms with E-state index in [1.54, 1.807) is 23.0 Å². The number of carbonyl (C=O) groups is 2. The van der Waals surface area contributed by atoms with Crippen molar-refractivity contribution in [2.45, 2.75) is 18.9 Å². The number of para-hydroxylation sites is 1. The highest BCUT2D eigenvalue weighted by molar-refractivity contribution is 6.05. The monoisotopic (exact) mass is 351 g/mol. The Balaban J connectivity index is 1.53. The van der Waals surface area contributed by atoms with Crippen LogP contribution in [0.1, 0.15) is 29.2 Å². The van der Waals surface area contributed by atoms with Crippen LogP contribution in [0.4, 0.5) is 5.69 Å². The lowest BCUT2D eigenvalue weighted by Crippen LogP contribution is -2.36. The number of carbonyl (C=O) groups excluding carboxylic acids is 2. The van der Waals surface area contributed by atoms with Crippen LogP contribution in [0.5, 0.6) is 0 Å². The second-order valence-electron chi connectivity index (χ2n) is 6.26. The van der Waals surface area contributed by atoms with E-state index in [-0.39, 0.29) is 17.5 Å². The average Bonchev–Trinajstić information content (AvgIpc) is 3.10. The van der Waals surface area contributed by atoms with E-state index in [0.717, 1.165) is 5.39 Å². The highest BCUT2D eigenvalue weighted by Gasteiger charge is 2.20. The molecule has 1 aliphatic heterocycles. The Kier molecular flexibility index (Phi) is 4.00. The molecule has 1 aromatic carbocycles. The first-order chi connectivity index (χ1) is 12.6. The van der Waals surface area contributed by atoms with E-state index in [0.29, 0.717) is 30.6 Å². The maximum absolute atomic E-state index is 12.5. The third-order valence-corrected chi connectivity index (χ3v) is 4.47. The number of pyridine rings is 1. The smallest absolute Gasteiger partial charge is 0.261 e. The molecule has 3 N–H and O–H groups in total. The maximum atomic E-state index is 12.5. The first kappa shape index (κ1) is 16.1. The van der Waals surface area contributed by atoms with Crippen LogP contribution in [-0.4, -0.2) is 33.1 Å². The minimum atomic E-state index is -0.492. The predicted octanol–water partition coefficient (Wildman–Crippen LogP) is 1.43. The van der Waals surface area contributed by atoms with E-state index >= 15 is 0 Å². The Morgan fingerprint density at radius 3 is 2.92 bits per heavy atom. The summed E-state index contributed by atoms with van der Waals surface area (Å²) >= 11 is 0. The summed E-state index contributed by atoms with van der Waals surface area (Å²) in [5.41, 5.74) is 0.783. The van der Waals surface area contributed by atoms with Crippen molar-refractivity contribution in [2.75, 3.05) is 11.9 Å². The van der Waals surface area contributed by atoms with Gasteiger partial charge < -0.3 is 15.6 Å². The third-order valence-electron chi connectivity index (χ3n) is 4.47. The third kappa shape index (κ3) is 3.08. The molecular weight excluding hydrogens is 334 g/mol. The Bertz CT molecular complexity index is 1040. The van der Waals surface area contributed by atoms with Crippen molar-refractivity contribution in [3.63, 3.8) is 0 Å². The van der Waals surface area contributed by atoms with Crippen LogP contribution in [0.25, 0.3) is 10.9 Å². The SMILES string of the molecule is O=C1CCC(n2cc(NC(=O)c3cc4ccccc4[nH]c3=O)cn2)CN1. The first-order valence-electron chi connectivity index (χ1n) is 8.34. The van der Waals surface area contributed by atoms with E-state index < -0.39 is 11.5 Å². The molecule has 8 nitrogen and oxygen atoms in total.